The van der Waals surface area contributed by atoms with Gasteiger partial charge in [0, 0.05) is 11.1 Å². The van der Waals surface area contributed by atoms with E-state index in [1.54, 1.807) is 11.3 Å². The highest BCUT2D eigenvalue weighted by atomic mass is 79.9. The topological polar surface area (TPSA) is 24.9 Å². The van der Waals surface area contributed by atoms with Gasteiger partial charge >= 0.3 is 0 Å². The van der Waals surface area contributed by atoms with Crippen LogP contribution in [0.3, 0.4) is 0 Å². The van der Waals surface area contributed by atoms with Gasteiger partial charge in [-0.25, -0.2) is 4.98 Å². The van der Waals surface area contributed by atoms with Crippen molar-refractivity contribution in [3.05, 3.63) is 43.6 Å². The molecule has 84 valence electrons. The van der Waals surface area contributed by atoms with Crippen LogP contribution in [-0.4, -0.2) is 4.98 Å². The number of rotatable bonds is 3. The second-order valence-corrected chi connectivity index (χ2v) is 6.06. The highest BCUT2D eigenvalue weighted by Gasteiger charge is 2.02. The number of nitrogens with one attached hydrogen (secondary N) is 1. The molecule has 0 aliphatic heterocycles. The van der Waals surface area contributed by atoms with Crippen molar-refractivity contribution in [1.29, 1.82) is 0 Å². The molecule has 0 aromatic carbocycles. The molecule has 2 nitrogen and oxygen atoms in total. The van der Waals surface area contributed by atoms with Gasteiger partial charge in [-0.15, -0.1) is 11.3 Å². The number of anilines is 1. The maximum absolute atomic E-state index is 5.86. The van der Waals surface area contributed by atoms with Crippen molar-refractivity contribution >= 4 is 44.7 Å². The minimum absolute atomic E-state index is 0.742. The molecule has 2 heterocycles. The quantitative estimate of drug-likeness (QED) is 0.903. The van der Waals surface area contributed by atoms with E-state index in [0.29, 0.717) is 0 Å². The zero-order chi connectivity index (χ0) is 11.5. The van der Waals surface area contributed by atoms with Crippen molar-refractivity contribution in [2.24, 2.45) is 0 Å². The maximum atomic E-state index is 5.86. The Labute approximate surface area is 112 Å². The molecule has 0 atom stereocenters. The fourth-order valence-electron chi connectivity index (χ4n) is 1.28. The van der Waals surface area contributed by atoms with Crippen LogP contribution >= 0.6 is 38.9 Å². The standard InChI is InChI=1S/C11H10BrClN2S/c1-7-4-9(12)11(14-5-7)15-6-8-2-3-10(13)16-8/h2-5H,6H2,1H3,(H,14,15). The second kappa shape index (κ2) is 5.17. The summed E-state index contributed by atoms with van der Waals surface area (Å²) in [5.41, 5.74) is 1.14. The van der Waals surface area contributed by atoms with Crippen LogP contribution in [0.2, 0.25) is 4.34 Å². The fourth-order valence-corrected chi connectivity index (χ4v) is 2.91. The highest BCUT2D eigenvalue weighted by molar-refractivity contribution is 9.10. The molecule has 0 saturated carbocycles. The second-order valence-electron chi connectivity index (χ2n) is 3.40. The van der Waals surface area contributed by atoms with Crippen molar-refractivity contribution in [3.63, 3.8) is 0 Å². The molecule has 16 heavy (non-hydrogen) atoms. The van der Waals surface area contributed by atoms with Crippen LogP contribution in [-0.2, 0) is 6.54 Å². The van der Waals surface area contributed by atoms with Crippen LogP contribution < -0.4 is 5.32 Å². The third-order valence-electron chi connectivity index (χ3n) is 2.04. The molecule has 0 aliphatic carbocycles. The smallest absolute Gasteiger partial charge is 0.140 e. The number of thiophene rings is 1. The Bertz CT molecular complexity index is 498. The lowest BCUT2D eigenvalue weighted by Crippen LogP contribution is -2.00. The Morgan fingerprint density at radius 3 is 2.94 bits per heavy atom. The van der Waals surface area contributed by atoms with E-state index >= 15 is 0 Å². The van der Waals surface area contributed by atoms with Crippen molar-refractivity contribution in [1.82, 2.24) is 4.98 Å². The molecular weight excluding hydrogens is 308 g/mol. The fraction of sp³-hybridized carbons (Fsp3) is 0.182. The van der Waals surface area contributed by atoms with Gasteiger partial charge in [-0.05, 0) is 46.6 Å². The Hall–Kier alpha value is -0.580. The highest BCUT2D eigenvalue weighted by Crippen LogP contribution is 2.24. The molecule has 0 bridgehead atoms. The number of pyridine rings is 1. The molecule has 2 rings (SSSR count). The molecule has 0 unspecified atom stereocenters. The van der Waals surface area contributed by atoms with Crippen LogP contribution in [0.5, 0.6) is 0 Å². The molecule has 0 fully saturated rings. The average Bonchev–Trinajstić information content (AvgIpc) is 2.63. The molecule has 0 radical (unpaired) electrons. The first-order valence-corrected chi connectivity index (χ1v) is 6.74. The van der Waals surface area contributed by atoms with Gasteiger partial charge in [-0.2, -0.15) is 0 Å². The van der Waals surface area contributed by atoms with E-state index in [2.05, 4.69) is 26.2 Å². The first-order valence-electron chi connectivity index (χ1n) is 4.75. The molecule has 0 saturated heterocycles. The molecule has 2 aromatic rings. The molecule has 5 heteroatoms. The van der Waals surface area contributed by atoms with Crippen LogP contribution in [0.25, 0.3) is 0 Å². The SMILES string of the molecule is Cc1cnc(NCc2ccc(Cl)s2)c(Br)c1. The van der Waals surface area contributed by atoms with Crippen LogP contribution in [0, 0.1) is 6.92 Å². The summed E-state index contributed by atoms with van der Waals surface area (Å²) in [5, 5.41) is 3.26. The molecule has 2 aromatic heterocycles. The van der Waals surface area contributed by atoms with E-state index in [-0.39, 0.29) is 0 Å². The summed E-state index contributed by atoms with van der Waals surface area (Å²) in [6.45, 7) is 2.76. The van der Waals surface area contributed by atoms with E-state index in [0.717, 1.165) is 26.7 Å². The van der Waals surface area contributed by atoms with Gasteiger partial charge in [-0.3, -0.25) is 0 Å². The van der Waals surface area contributed by atoms with E-state index in [1.165, 1.54) is 4.88 Å². The summed E-state index contributed by atoms with van der Waals surface area (Å²) in [7, 11) is 0. The van der Waals surface area contributed by atoms with Crippen molar-refractivity contribution in [3.8, 4) is 0 Å². The van der Waals surface area contributed by atoms with Gasteiger partial charge in [0.2, 0.25) is 0 Å². The van der Waals surface area contributed by atoms with Gasteiger partial charge in [0.1, 0.15) is 5.82 Å². The summed E-state index contributed by atoms with van der Waals surface area (Å²) in [5.74, 6) is 0.857. The van der Waals surface area contributed by atoms with Gasteiger partial charge in [0.15, 0.2) is 0 Å². The Kier molecular flexibility index (Phi) is 3.84. The lowest BCUT2D eigenvalue weighted by Gasteiger charge is -2.06. The largest absolute Gasteiger partial charge is 0.364 e. The normalized spacial score (nSPS) is 10.4. The van der Waals surface area contributed by atoms with Crippen molar-refractivity contribution < 1.29 is 0 Å². The summed E-state index contributed by atoms with van der Waals surface area (Å²) in [6.07, 6.45) is 1.84. The number of aryl methyl sites for hydroxylation is 1. The average molecular weight is 318 g/mol. The summed E-state index contributed by atoms with van der Waals surface area (Å²) in [4.78, 5) is 5.51. The van der Waals surface area contributed by atoms with E-state index in [9.17, 15) is 0 Å². The predicted molar refractivity (Wildman–Crippen MR) is 73.3 cm³/mol. The Morgan fingerprint density at radius 2 is 2.31 bits per heavy atom. The summed E-state index contributed by atoms with van der Waals surface area (Å²) < 4.78 is 1.79. The lowest BCUT2D eigenvalue weighted by atomic mass is 10.3. The van der Waals surface area contributed by atoms with Gasteiger partial charge in [0.05, 0.1) is 15.4 Å². The maximum Gasteiger partial charge on any atom is 0.140 e. The third kappa shape index (κ3) is 2.97. The number of aromatic nitrogens is 1. The Morgan fingerprint density at radius 1 is 1.50 bits per heavy atom. The number of nitrogens with zero attached hydrogens (tertiary/aromatic N) is 1. The van der Waals surface area contributed by atoms with Crippen LogP contribution in [0.15, 0.2) is 28.9 Å². The van der Waals surface area contributed by atoms with Crippen molar-refractivity contribution in [2.45, 2.75) is 13.5 Å². The number of hydrogen-bond acceptors (Lipinski definition) is 3. The first-order chi connectivity index (χ1) is 7.65. The van der Waals surface area contributed by atoms with Crippen LogP contribution in [0.4, 0.5) is 5.82 Å². The van der Waals surface area contributed by atoms with Gasteiger partial charge in [-0.1, -0.05) is 11.6 Å². The van der Waals surface area contributed by atoms with E-state index in [4.69, 9.17) is 11.6 Å². The minimum atomic E-state index is 0.742. The van der Waals surface area contributed by atoms with Gasteiger partial charge in [0.25, 0.3) is 0 Å². The van der Waals surface area contributed by atoms with E-state index < -0.39 is 0 Å². The lowest BCUT2D eigenvalue weighted by molar-refractivity contribution is 1.12. The molecule has 0 spiro atoms. The zero-order valence-electron chi connectivity index (χ0n) is 8.63. The predicted octanol–water partition coefficient (Wildman–Crippen LogP) is 4.48. The molecule has 0 aliphatic rings. The summed E-state index contributed by atoms with van der Waals surface area (Å²) >= 11 is 10.9. The van der Waals surface area contributed by atoms with Crippen LogP contribution in [0.1, 0.15) is 10.4 Å². The monoisotopic (exact) mass is 316 g/mol. The van der Waals surface area contributed by atoms with Crippen molar-refractivity contribution in [2.75, 3.05) is 5.32 Å². The van der Waals surface area contributed by atoms with Gasteiger partial charge < -0.3 is 5.32 Å². The number of halogens is 2. The number of hydrogen-bond donors (Lipinski definition) is 1. The molecule has 1 N–H and O–H groups in total. The zero-order valence-corrected chi connectivity index (χ0v) is 11.8. The third-order valence-corrected chi connectivity index (χ3v) is 3.87. The van der Waals surface area contributed by atoms with E-state index in [1.807, 2.05) is 31.3 Å². The Balaban J connectivity index is 2.04. The first kappa shape index (κ1) is 11.9. The summed E-state index contributed by atoms with van der Waals surface area (Å²) in [6, 6.07) is 5.96. The molecular formula is C11H10BrClN2S. The minimum Gasteiger partial charge on any atom is -0.364 e. The molecule has 0 amide bonds.